The fourth-order valence-corrected chi connectivity index (χ4v) is 1.45. The molecule has 13 heavy (non-hydrogen) atoms. The molecule has 1 atom stereocenters. The van der Waals surface area contributed by atoms with Gasteiger partial charge in [0.1, 0.15) is 6.61 Å². The normalized spacial score (nSPS) is 12.3. The van der Waals surface area contributed by atoms with E-state index in [4.69, 9.17) is 15.9 Å². The van der Waals surface area contributed by atoms with E-state index in [-0.39, 0.29) is 6.61 Å². The molecule has 0 bridgehead atoms. The summed E-state index contributed by atoms with van der Waals surface area (Å²) in [5.74, 6) is 2.76. The van der Waals surface area contributed by atoms with Crippen LogP contribution in [0.1, 0.15) is 0 Å². The lowest BCUT2D eigenvalue weighted by molar-refractivity contribution is 0.0675. The second kappa shape index (κ2) is 10.0. The average molecular weight is 223 g/mol. The first-order valence-corrected chi connectivity index (χ1v) is 6.16. The monoisotopic (exact) mass is 223 g/mol. The highest BCUT2D eigenvalue weighted by Gasteiger charge is 1.90. The van der Waals surface area contributed by atoms with Crippen molar-refractivity contribution in [2.24, 2.45) is 0 Å². The fraction of sp³-hybridized carbons (Fsp3) is 0.714. The second-order valence-corrected chi connectivity index (χ2v) is 4.47. The van der Waals surface area contributed by atoms with Crippen LogP contribution in [0.4, 0.5) is 0 Å². The van der Waals surface area contributed by atoms with Gasteiger partial charge in [-0.2, -0.15) is 0 Å². The Morgan fingerprint density at radius 1 is 1.38 bits per heavy atom. The lowest BCUT2D eigenvalue weighted by atomic mass is 10.7. The van der Waals surface area contributed by atoms with Gasteiger partial charge >= 0.3 is 0 Å². The Kier molecular flexibility index (Phi) is 9.98. The number of terminal acetylenes is 1. The topological polar surface area (TPSA) is 58.6 Å². The van der Waals surface area contributed by atoms with Crippen molar-refractivity contribution in [2.45, 2.75) is 0 Å². The summed E-state index contributed by atoms with van der Waals surface area (Å²) in [6, 6.07) is 0. The van der Waals surface area contributed by atoms with Crippen LogP contribution >= 0.6 is 10.8 Å². The van der Waals surface area contributed by atoms with Crippen LogP contribution < -0.4 is 0 Å². The maximum absolute atomic E-state index is 10.0. The van der Waals surface area contributed by atoms with Gasteiger partial charge in [-0.1, -0.05) is 16.7 Å². The van der Waals surface area contributed by atoms with Crippen molar-refractivity contribution in [3.63, 3.8) is 0 Å². The quantitative estimate of drug-likeness (QED) is 0.254. The number of ether oxygens (including phenoxy) is 2. The predicted molar refractivity (Wildman–Crippen MR) is 51.8 cm³/mol. The van der Waals surface area contributed by atoms with Crippen LogP contribution in [0.5, 0.6) is 0 Å². The Morgan fingerprint density at radius 3 is 2.69 bits per heavy atom. The lowest BCUT2D eigenvalue weighted by Gasteiger charge is -2.05. The molecule has 0 spiro atoms. The van der Waals surface area contributed by atoms with E-state index < -0.39 is 10.1 Å². The van der Waals surface area contributed by atoms with Crippen LogP contribution in [-0.4, -0.2) is 40.9 Å². The van der Waals surface area contributed by atoms with Crippen molar-refractivity contribution >= 4 is 20.9 Å². The molecule has 0 saturated heterocycles. The van der Waals surface area contributed by atoms with Gasteiger partial charge in [-0.25, -0.2) is 0 Å². The summed E-state index contributed by atoms with van der Waals surface area (Å²) in [5, 5.41) is 0. The minimum atomic E-state index is -2.05. The summed E-state index contributed by atoms with van der Waals surface area (Å²) < 4.78 is 30.0. The minimum absolute atomic E-state index is 0.280. The smallest absolute Gasteiger partial charge is 0.107 e. The maximum atomic E-state index is 10.0. The molecule has 0 saturated carbocycles. The molecular weight excluding hydrogens is 212 g/mol. The third-order valence-electron chi connectivity index (χ3n) is 0.965. The molecule has 0 amide bonds. The van der Waals surface area contributed by atoms with Gasteiger partial charge in [0.25, 0.3) is 0 Å². The maximum Gasteiger partial charge on any atom is 0.107 e. The van der Waals surface area contributed by atoms with Crippen molar-refractivity contribution in [1.82, 2.24) is 0 Å². The molecule has 6 heteroatoms. The van der Waals surface area contributed by atoms with Gasteiger partial charge in [0.15, 0.2) is 0 Å². The summed E-state index contributed by atoms with van der Waals surface area (Å²) in [5.41, 5.74) is 0. The highest BCUT2D eigenvalue weighted by Crippen LogP contribution is 2.02. The number of hydrogen-bond acceptors (Lipinski definition) is 5. The summed E-state index contributed by atoms with van der Waals surface area (Å²) in [7, 11) is -1.23. The minimum Gasteiger partial charge on any atom is -0.764 e. The van der Waals surface area contributed by atoms with Gasteiger partial charge in [-0.3, -0.25) is 4.21 Å². The number of rotatable bonds is 8. The molecule has 0 N–H and O–H groups in total. The second-order valence-electron chi connectivity index (χ2n) is 1.90. The first kappa shape index (κ1) is 12.9. The largest absolute Gasteiger partial charge is 0.764 e. The van der Waals surface area contributed by atoms with E-state index in [1.807, 2.05) is 0 Å². The highest BCUT2D eigenvalue weighted by molar-refractivity contribution is 8.67. The molecule has 0 rings (SSSR count). The molecule has 0 aliphatic heterocycles. The van der Waals surface area contributed by atoms with E-state index >= 15 is 0 Å². The average Bonchev–Trinajstić information content (AvgIpc) is 2.09. The third kappa shape index (κ3) is 11.9. The van der Waals surface area contributed by atoms with Crippen molar-refractivity contribution < 1.29 is 18.2 Å². The van der Waals surface area contributed by atoms with Crippen molar-refractivity contribution in [3.05, 3.63) is 0 Å². The zero-order valence-electron chi connectivity index (χ0n) is 7.06. The zero-order valence-corrected chi connectivity index (χ0v) is 8.70. The molecule has 4 nitrogen and oxygen atoms in total. The van der Waals surface area contributed by atoms with Gasteiger partial charge in [-0.15, -0.1) is 6.42 Å². The van der Waals surface area contributed by atoms with Gasteiger partial charge in [0.05, 0.1) is 19.8 Å². The Balaban J connectivity index is 2.92. The molecule has 0 fully saturated rings. The third-order valence-corrected chi connectivity index (χ3v) is 2.57. The van der Waals surface area contributed by atoms with Gasteiger partial charge < -0.3 is 14.0 Å². The van der Waals surface area contributed by atoms with E-state index in [0.29, 0.717) is 25.6 Å². The van der Waals surface area contributed by atoms with E-state index in [9.17, 15) is 8.76 Å². The summed E-state index contributed by atoms with van der Waals surface area (Å²) >= 11 is 0. The highest BCUT2D eigenvalue weighted by atomic mass is 33.1. The van der Waals surface area contributed by atoms with Crippen LogP contribution in [-0.2, 0) is 19.6 Å². The van der Waals surface area contributed by atoms with Crippen molar-refractivity contribution in [2.75, 3.05) is 32.2 Å². The van der Waals surface area contributed by atoms with E-state index in [2.05, 4.69) is 5.92 Å². The molecule has 0 aliphatic rings. The standard InChI is InChI=1S/C7H12O4S2/c1-2-3-10-4-5-11-6-7-12-13(8)9/h1H,3-7H2,(H,8,9)/p-1. The van der Waals surface area contributed by atoms with Crippen LogP contribution in [0.15, 0.2) is 0 Å². The van der Waals surface area contributed by atoms with Crippen LogP contribution in [0, 0.1) is 12.3 Å². The Hall–Kier alpha value is -0.0600. The molecule has 0 radical (unpaired) electrons. The SMILES string of the molecule is C#CCOCCOCCSS(=O)[O-]. The Bertz CT molecular complexity index is 178. The molecule has 0 heterocycles. The van der Waals surface area contributed by atoms with Gasteiger partial charge in [0.2, 0.25) is 0 Å². The first-order valence-electron chi connectivity index (χ1n) is 3.59. The molecule has 0 aromatic carbocycles. The molecule has 0 aromatic rings. The van der Waals surface area contributed by atoms with E-state index in [1.165, 1.54) is 0 Å². The summed E-state index contributed by atoms with van der Waals surface area (Å²) in [4.78, 5) is 0. The van der Waals surface area contributed by atoms with Crippen molar-refractivity contribution in [1.29, 1.82) is 0 Å². The molecule has 0 aliphatic carbocycles. The van der Waals surface area contributed by atoms with Gasteiger partial charge in [0, 0.05) is 15.9 Å². The zero-order chi connectivity index (χ0) is 9.94. The van der Waals surface area contributed by atoms with E-state index in [0.717, 1.165) is 10.8 Å². The molecule has 1 unspecified atom stereocenters. The Labute approximate surface area is 84.1 Å². The molecule has 76 valence electrons. The van der Waals surface area contributed by atoms with Crippen LogP contribution in [0.2, 0.25) is 0 Å². The van der Waals surface area contributed by atoms with Gasteiger partial charge in [-0.05, 0) is 0 Å². The van der Waals surface area contributed by atoms with Crippen LogP contribution in [0.25, 0.3) is 0 Å². The predicted octanol–water partition coefficient (Wildman–Crippen LogP) is 0.180. The fourth-order valence-electron chi connectivity index (χ4n) is 0.512. The molecule has 0 aromatic heterocycles. The summed E-state index contributed by atoms with van der Waals surface area (Å²) in [6.45, 7) is 1.56. The lowest BCUT2D eigenvalue weighted by Crippen LogP contribution is -2.06. The summed E-state index contributed by atoms with van der Waals surface area (Å²) in [6.07, 6.45) is 4.94. The molecular formula is C7H11O4S2-. The first-order chi connectivity index (χ1) is 6.27. The van der Waals surface area contributed by atoms with Crippen molar-refractivity contribution in [3.8, 4) is 12.3 Å². The van der Waals surface area contributed by atoms with E-state index in [1.54, 1.807) is 0 Å². The Morgan fingerprint density at radius 2 is 2.08 bits per heavy atom. The van der Waals surface area contributed by atoms with Crippen LogP contribution in [0.3, 0.4) is 0 Å². The number of hydrogen-bond donors (Lipinski definition) is 0.